The van der Waals surface area contributed by atoms with Gasteiger partial charge in [-0.1, -0.05) is 59.3 Å². The molecular formula is C29H44N2O4. The van der Waals surface area contributed by atoms with Crippen molar-refractivity contribution in [2.75, 3.05) is 0 Å². The first kappa shape index (κ1) is 28.8. The lowest BCUT2D eigenvalue weighted by molar-refractivity contribution is -0.139. The van der Waals surface area contributed by atoms with Crippen molar-refractivity contribution >= 4 is 22.8 Å². The molecule has 1 aromatic heterocycles. The molecule has 194 valence electrons. The number of aryl methyl sites for hydroxylation is 2. The average molecular weight is 485 g/mol. The van der Waals surface area contributed by atoms with Gasteiger partial charge in [0.1, 0.15) is 11.6 Å². The summed E-state index contributed by atoms with van der Waals surface area (Å²) < 4.78 is 2.05. The topological polar surface area (TPSA) is 92.4 Å². The Labute approximate surface area is 210 Å². The number of fused-ring (bicyclic) bond motifs is 1. The number of aromatic nitrogens is 2. The van der Waals surface area contributed by atoms with Crippen LogP contribution in [0.4, 0.5) is 0 Å². The van der Waals surface area contributed by atoms with Crippen LogP contribution < -0.4 is 0 Å². The fourth-order valence-electron chi connectivity index (χ4n) is 4.73. The quantitative estimate of drug-likeness (QED) is 0.239. The van der Waals surface area contributed by atoms with Crippen molar-refractivity contribution in [3.05, 3.63) is 41.7 Å². The molecule has 1 aromatic carbocycles. The first-order valence-corrected chi connectivity index (χ1v) is 12.9. The van der Waals surface area contributed by atoms with Crippen LogP contribution in [0.2, 0.25) is 0 Å². The highest BCUT2D eigenvalue weighted by atomic mass is 16.4. The molecule has 0 fully saturated rings. The number of rotatable bonds is 14. The van der Waals surface area contributed by atoms with E-state index < -0.39 is 17.5 Å². The number of ketones is 1. The smallest absolute Gasteiger partial charge is 0.303 e. The van der Waals surface area contributed by atoms with Gasteiger partial charge in [0.05, 0.1) is 17.1 Å². The van der Waals surface area contributed by atoms with E-state index in [1.54, 1.807) is 0 Å². The minimum Gasteiger partial charge on any atom is -0.481 e. The predicted molar refractivity (Wildman–Crippen MR) is 141 cm³/mol. The van der Waals surface area contributed by atoms with Crippen LogP contribution in [0.15, 0.2) is 30.4 Å². The second kappa shape index (κ2) is 12.5. The standard InChI is InChI=1S/C29H44N2O4/c1-19(20(2)21(3)28(35)29(5,6)17-16-27(33)34)12-10-8-9-11-13-26(32)23-14-15-25-24(18-23)30-22(4)31(25)7/h9,11,14-15,18-21,26,32H,8,10,12-13,16-17H2,1-7H3,(H,33,34)/b11-9+/t19-,20-,21+,26-/m0/s1. The first-order chi connectivity index (χ1) is 16.3. The van der Waals surface area contributed by atoms with Crippen LogP contribution in [0.5, 0.6) is 0 Å². The Morgan fingerprint density at radius 3 is 2.51 bits per heavy atom. The number of carbonyl (C=O) groups excluding carboxylic acids is 1. The molecule has 0 aliphatic heterocycles. The lowest BCUT2D eigenvalue weighted by Crippen LogP contribution is -2.35. The van der Waals surface area contributed by atoms with Crippen LogP contribution in [0, 0.1) is 30.1 Å². The number of aliphatic carboxylic acids is 1. The molecule has 0 unspecified atom stereocenters. The van der Waals surface area contributed by atoms with Crippen molar-refractivity contribution in [3.8, 4) is 0 Å². The summed E-state index contributed by atoms with van der Waals surface area (Å²) in [5, 5.41) is 19.5. The molecule has 6 nitrogen and oxygen atoms in total. The summed E-state index contributed by atoms with van der Waals surface area (Å²) in [5.74, 6) is 0.797. The third-order valence-corrected chi connectivity index (χ3v) is 7.80. The molecule has 4 atom stereocenters. The van der Waals surface area contributed by atoms with E-state index in [4.69, 9.17) is 5.11 Å². The van der Waals surface area contributed by atoms with Gasteiger partial charge in [0, 0.05) is 24.8 Å². The van der Waals surface area contributed by atoms with Crippen LogP contribution in [0.1, 0.15) is 90.6 Å². The van der Waals surface area contributed by atoms with E-state index >= 15 is 0 Å². The molecule has 0 amide bonds. The minimum absolute atomic E-state index is 0.0217. The second-order valence-corrected chi connectivity index (χ2v) is 10.9. The lowest BCUT2D eigenvalue weighted by Gasteiger charge is -2.32. The van der Waals surface area contributed by atoms with Gasteiger partial charge in [0.15, 0.2) is 0 Å². The maximum absolute atomic E-state index is 13.0. The number of aliphatic hydroxyl groups is 1. The van der Waals surface area contributed by atoms with E-state index in [2.05, 4.69) is 24.9 Å². The lowest BCUT2D eigenvalue weighted by atomic mass is 9.71. The zero-order valence-corrected chi connectivity index (χ0v) is 22.5. The normalized spacial score (nSPS) is 15.9. The predicted octanol–water partition coefficient (Wildman–Crippen LogP) is 6.40. The number of imidazole rings is 1. The number of aliphatic hydroxyl groups excluding tert-OH is 1. The summed E-state index contributed by atoms with van der Waals surface area (Å²) in [5.41, 5.74) is 2.24. The van der Waals surface area contributed by atoms with Crippen molar-refractivity contribution in [2.45, 2.75) is 86.2 Å². The van der Waals surface area contributed by atoms with Crippen molar-refractivity contribution in [1.82, 2.24) is 9.55 Å². The van der Waals surface area contributed by atoms with Gasteiger partial charge < -0.3 is 14.8 Å². The van der Waals surface area contributed by atoms with Crippen molar-refractivity contribution in [1.29, 1.82) is 0 Å². The van der Waals surface area contributed by atoms with Crippen LogP contribution in [-0.4, -0.2) is 31.5 Å². The Kier molecular flexibility index (Phi) is 10.3. The fourth-order valence-corrected chi connectivity index (χ4v) is 4.73. The summed E-state index contributed by atoms with van der Waals surface area (Å²) >= 11 is 0. The highest BCUT2D eigenvalue weighted by Crippen LogP contribution is 2.34. The van der Waals surface area contributed by atoms with Crippen LogP contribution in [-0.2, 0) is 16.6 Å². The van der Waals surface area contributed by atoms with Crippen LogP contribution in [0.3, 0.4) is 0 Å². The fraction of sp³-hybridized carbons (Fsp3) is 0.621. The number of Topliss-reactive ketones (excluding diaryl/α,β-unsaturated/α-hetero) is 1. The number of carboxylic acid groups (broad SMARTS) is 1. The van der Waals surface area contributed by atoms with Gasteiger partial charge in [-0.15, -0.1) is 0 Å². The first-order valence-electron chi connectivity index (χ1n) is 12.9. The Hall–Kier alpha value is -2.47. The van der Waals surface area contributed by atoms with E-state index in [9.17, 15) is 14.7 Å². The van der Waals surface area contributed by atoms with Crippen LogP contribution in [0.25, 0.3) is 11.0 Å². The minimum atomic E-state index is -0.857. The number of allylic oxidation sites excluding steroid dienone is 1. The van der Waals surface area contributed by atoms with E-state index in [-0.39, 0.29) is 24.0 Å². The Bertz CT molecular complexity index is 1040. The molecule has 0 aliphatic carbocycles. The van der Waals surface area contributed by atoms with Gasteiger partial charge in [0.2, 0.25) is 0 Å². The molecule has 0 aliphatic rings. The molecule has 2 N–H and O–H groups in total. The Morgan fingerprint density at radius 1 is 1.17 bits per heavy atom. The molecule has 0 saturated carbocycles. The van der Waals surface area contributed by atoms with Gasteiger partial charge in [-0.05, 0) is 62.1 Å². The van der Waals surface area contributed by atoms with Gasteiger partial charge in [-0.25, -0.2) is 4.98 Å². The van der Waals surface area contributed by atoms with E-state index in [1.165, 1.54) is 0 Å². The number of hydrogen-bond acceptors (Lipinski definition) is 4. The molecular weight excluding hydrogens is 440 g/mol. The summed E-state index contributed by atoms with van der Waals surface area (Å²) in [6.07, 6.45) is 7.59. The monoisotopic (exact) mass is 484 g/mol. The van der Waals surface area contributed by atoms with Gasteiger partial charge in [0.25, 0.3) is 0 Å². The van der Waals surface area contributed by atoms with Gasteiger partial charge in [-0.3, -0.25) is 9.59 Å². The molecule has 2 rings (SSSR count). The van der Waals surface area contributed by atoms with E-state index in [1.807, 2.05) is 63.6 Å². The number of benzene rings is 1. The third kappa shape index (κ3) is 7.76. The molecule has 6 heteroatoms. The van der Waals surface area contributed by atoms with Gasteiger partial charge in [-0.2, -0.15) is 0 Å². The zero-order valence-electron chi connectivity index (χ0n) is 22.5. The maximum Gasteiger partial charge on any atom is 0.303 e. The summed E-state index contributed by atoms with van der Waals surface area (Å²) in [7, 11) is 1.99. The zero-order chi connectivity index (χ0) is 26.3. The van der Waals surface area contributed by atoms with Crippen molar-refractivity contribution in [3.63, 3.8) is 0 Å². The molecule has 2 aromatic rings. The Balaban J connectivity index is 1.77. The highest BCUT2D eigenvalue weighted by Gasteiger charge is 2.35. The molecule has 1 heterocycles. The summed E-state index contributed by atoms with van der Waals surface area (Å²) in [6.45, 7) is 12.0. The Morgan fingerprint density at radius 2 is 1.86 bits per heavy atom. The van der Waals surface area contributed by atoms with Crippen LogP contribution >= 0.6 is 0 Å². The maximum atomic E-state index is 13.0. The highest BCUT2D eigenvalue weighted by molar-refractivity contribution is 5.86. The summed E-state index contributed by atoms with van der Waals surface area (Å²) in [6, 6.07) is 5.95. The second-order valence-electron chi connectivity index (χ2n) is 10.9. The number of unbranched alkanes of at least 4 members (excludes halogenated alkanes) is 1. The number of hydrogen-bond donors (Lipinski definition) is 2. The molecule has 0 bridgehead atoms. The molecule has 35 heavy (non-hydrogen) atoms. The number of carboxylic acids is 1. The molecule has 0 spiro atoms. The van der Waals surface area contributed by atoms with E-state index in [0.29, 0.717) is 18.8 Å². The van der Waals surface area contributed by atoms with Crippen molar-refractivity contribution < 1.29 is 19.8 Å². The molecule has 0 saturated heterocycles. The summed E-state index contributed by atoms with van der Waals surface area (Å²) in [4.78, 5) is 28.4. The largest absolute Gasteiger partial charge is 0.481 e. The molecule has 0 radical (unpaired) electrons. The van der Waals surface area contributed by atoms with E-state index in [0.717, 1.165) is 41.7 Å². The SMILES string of the molecule is Cc1nc2cc([C@@H](O)C/C=C/CCC[C@H](C)[C@H](C)[C@@H](C)C(=O)C(C)(C)CCC(=O)O)ccc2n1C. The third-order valence-electron chi connectivity index (χ3n) is 7.80. The average Bonchev–Trinajstić information content (AvgIpc) is 3.10. The van der Waals surface area contributed by atoms with Crippen molar-refractivity contribution in [2.24, 2.45) is 30.2 Å². The van der Waals surface area contributed by atoms with Gasteiger partial charge >= 0.3 is 5.97 Å². The number of carbonyl (C=O) groups is 2. The number of nitrogens with zero attached hydrogens (tertiary/aromatic N) is 2.